The second-order valence-corrected chi connectivity index (χ2v) is 3.05. The van der Waals surface area contributed by atoms with E-state index >= 15 is 0 Å². The maximum Gasteiger partial charge on any atom is 0.320 e. The number of rotatable bonds is 2. The Morgan fingerprint density at radius 3 is 2.83 bits per heavy atom. The van der Waals surface area contributed by atoms with E-state index in [1.165, 1.54) is 7.11 Å². The fourth-order valence-electron chi connectivity index (χ4n) is 1.45. The topological polar surface area (TPSA) is 55.4 Å². The van der Waals surface area contributed by atoms with E-state index in [2.05, 4.69) is 10.1 Å². The van der Waals surface area contributed by atoms with E-state index in [1.54, 1.807) is 0 Å². The maximum absolute atomic E-state index is 11.2. The Kier molecular flexibility index (Phi) is 2.81. The van der Waals surface area contributed by atoms with E-state index in [0.717, 1.165) is 13.0 Å². The van der Waals surface area contributed by atoms with Crippen LogP contribution in [0.3, 0.4) is 0 Å². The standard InChI is InChI=1S/C8H13NO3/c1-12-7(11)8(6-10)3-2-4-9-5-8/h6,9H,2-5H2,1H3. The average Bonchev–Trinajstić information content (AvgIpc) is 2.17. The van der Waals surface area contributed by atoms with Crippen molar-refractivity contribution < 1.29 is 14.3 Å². The van der Waals surface area contributed by atoms with Crippen LogP contribution in [-0.4, -0.2) is 32.5 Å². The number of carbonyl (C=O) groups excluding carboxylic acids is 2. The Morgan fingerprint density at radius 2 is 2.42 bits per heavy atom. The Labute approximate surface area is 71.3 Å². The first-order valence-electron chi connectivity index (χ1n) is 4.01. The van der Waals surface area contributed by atoms with Crippen LogP contribution in [0.4, 0.5) is 0 Å². The van der Waals surface area contributed by atoms with Crippen LogP contribution in [0.2, 0.25) is 0 Å². The van der Waals surface area contributed by atoms with Gasteiger partial charge in [-0.15, -0.1) is 0 Å². The van der Waals surface area contributed by atoms with Gasteiger partial charge < -0.3 is 14.8 Å². The first kappa shape index (κ1) is 9.19. The van der Waals surface area contributed by atoms with Crippen molar-refractivity contribution in [2.75, 3.05) is 20.2 Å². The summed E-state index contributed by atoms with van der Waals surface area (Å²) in [7, 11) is 1.31. The summed E-state index contributed by atoms with van der Waals surface area (Å²) in [6.45, 7) is 1.27. The Bertz CT molecular complexity index is 185. The molecule has 0 amide bonds. The van der Waals surface area contributed by atoms with E-state index in [-0.39, 0.29) is 0 Å². The van der Waals surface area contributed by atoms with Gasteiger partial charge in [0.25, 0.3) is 0 Å². The first-order chi connectivity index (χ1) is 5.75. The van der Waals surface area contributed by atoms with Crippen LogP contribution in [0.15, 0.2) is 0 Å². The van der Waals surface area contributed by atoms with Crippen LogP contribution in [0.1, 0.15) is 12.8 Å². The van der Waals surface area contributed by atoms with Gasteiger partial charge in [0, 0.05) is 6.54 Å². The summed E-state index contributed by atoms with van der Waals surface area (Å²) in [6.07, 6.45) is 2.13. The van der Waals surface area contributed by atoms with Crippen molar-refractivity contribution in [3.63, 3.8) is 0 Å². The van der Waals surface area contributed by atoms with Crippen molar-refractivity contribution in [3.8, 4) is 0 Å². The largest absolute Gasteiger partial charge is 0.468 e. The van der Waals surface area contributed by atoms with Crippen molar-refractivity contribution in [2.24, 2.45) is 5.41 Å². The molecule has 0 aromatic heterocycles. The zero-order chi connectivity index (χ0) is 9.03. The van der Waals surface area contributed by atoms with Gasteiger partial charge in [-0.25, -0.2) is 0 Å². The molecule has 12 heavy (non-hydrogen) atoms. The lowest BCUT2D eigenvalue weighted by Gasteiger charge is -2.29. The van der Waals surface area contributed by atoms with Crippen LogP contribution >= 0.6 is 0 Å². The van der Waals surface area contributed by atoms with Crippen molar-refractivity contribution in [1.29, 1.82) is 0 Å². The zero-order valence-electron chi connectivity index (χ0n) is 7.13. The van der Waals surface area contributed by atoms with Gasteiger partial charge >= 0.3 is 5.97 Å². The van der Waals surface area contributed by atoms with Crippen molar-refractivity contribution >= 4 is 12.3 Å². The second-order valence-electron chi connectivity index (χ2n) is 3.05. The molecule has 1 atom stereocenters. The predicted molar refractivity (Wildman–Crippen MR) is 42.6 cm³/mol. The molecule has 1 rings (SSSR count). The molecule has 4 nitrogen and oxygen atoms in total. The summed E-state index contributed by atoms with van der Waals surface area (Å²) in [5.74, 6) is -0.426. The third kappa shape index (κ3) is 1.48. The first-order valence-corrected chi connectivity index (χ1v) is 4.01. The number of hydrogen-bond acceptors (Lipinski definition) is 4. The lowest BCUT2D eigenvalue weighted by molar-refractivity contribution is -0.155. The lowest BCUT2D eigenvalue weighted by atomic mass is 9.82. The Morgan fingerprint density at radius 1 is 1.67 bits per heavy atom. The maximum atomic E-state index is 11.2. The third-order valence-corrected chi connectivity index (χ3v) is 2.23. The molecule has 1 fully saturated rings. The van der Waals surface area contributed by atoms with Crippen LogP contribution in [-0.2, 0) is 14.3 Å². The zero-order valence-corrected chi connectivity index (χ0v) is 7.13. The van der Waals surface area contributed by atoms with E-state index < -0.39 is 11.4 Å². The van der Waals surface area contributed by atoms with Crippen molar-refractivity contribution in [2.45, 2.75) is 12.8 Å². The average molecular weight is 171 g/mol. The molecule has 0 aromatic carbocycles. The fraction of sp³-hybridized carbons (Fsp3) is 0.750. The molecule has 68 valence electrons. The highest BCUT2D eigenvalue weighted by Crippen LogP contribution is 2.24. The van der Waals surface area contributed by atoms with E-state index in [4.69, 9.17) is 0 Å². The van der Waals surface area contributed by atoms with E-state index in [0.29, 0.717) is 19.3 Å². The molecule has 0 spiro atoms. The molecule has 0 saturated carbocycles. The molecule has 0 aliphatic carbocycles. The fourth-order valence-corrected chi connectivity index (χ4v) is 1.45. The van der Waals surface area contributed by atoms with Crippen molar-refractivity contribution in [1.82, 2.24) is 5.32 Å². The summed E-state index contributed by atoms with van der Waals surface area (Å²) < 4.78 is 4.57. The molecule has 1 unspecified atom stereocenters. The molecule has 1 aliphatic heterocycles. The van der Waals surface area contributed by atoms with Gasteiger partial charge in [-0.05, 0) is 19.4 Å². The molecule has 1 saturated heterocycles. The van der Waals surface area contributed by atoms with E-state index in [1.807, 2.05) is 0 Å². The molecule has 0 radical (unpaired) electrons. The van der Waals surface area contributed by atoms with Crippen LogP contribution in [0.25, 0.3) is 0 Å². The molecule has 1 heterocycles. The van der Waals surface area contributed by atoms with Crippen LogP contribution in [0, 0.1) is 5.41 Å². The second kappa shape index (κ2) is 3.67. The van der Waals surface area contributed by atoms with Gasteiger partial charge in [0.05, 0.1) is 7.11 Å². The number of piperidine rings is 1. The quantitative estimate of drug-likeness (QED) is 0.353. The highest BCUT2D eigenvalue weighted by molar-refractivity contribution is 5.93. The van der Waals surface area contributed by atoms with E-state index in [9.17, 15) is 9.59 Å². The van der Waals surface area contributed by atoms with Gasteiger partial charge in [0.15, 0.2) is 0 Å². The summed E-state index contributed by atoms with van der Waals surface area (Å²) in [5, 5.41) is 3.01. The summed E-state index contributed by atoms with van der Waals surface area (Å²) in [4.78, 5) is 22.0. The minimum Gasteiger partial charge on any atom is -0.468 e. The number of esters is 1. The van der Waals surface area contributed by atoms with Crippen molar-refractivity contribution in [3.05, 3.63) is 0 Å². The Balaban J connectivity index is 2.72. The van der Waals surface area contributed by atoms with Gasteiger partial charge in [0.1, 0.15) is 11.7 Å². The number of carbonyl (C=O) groups is 2. The van der Waals surface area contributed by atoms with Gasteiger partial charge in [0.2, 0.25) is 0 Å². The number of methoxy groups -OCH3 is 1. The summed E-state index contributed by atoms with van der Waals surface area (Å²) in [5.41, 5.74) is -0.924. The van der Waals surface area contributed by atoms with Crippen LogP contribution < -0.4 is 5.32 Å². The number of hydrogen-bond donors (Lipinski definition) is 1. The molecule has 1 aliphatic rings. The molecular weight excluding hydrogens is 158 g/mol. The molecular formula is C8H13NO3. The monoisotopic (exact) mass is 171 g/mol. The normalized spacial score (nSPS) is 29.4. The molecule has 0 aromatic rings. The highest BCUT2D eigenvalue weighted by atomic mass is 16.5. The summed E-state index contributed by atoms with van der Waals surface area (Å²) in [6, 6.07) is 0. The molecule has 0 bridgehead atoms. The number of ether oxygens (including phenoxy) is 1. The third-order valence-electron chi connectivity index (χ3n) is 2.23. The Hall–Kier alpha value is -0.900. The minimum absolute atomic E-state index is 0.406. The smallest absolute Gasteiger partial charge is 0.320 e. The SMILES string of the molecule is COC(=O)C1(C=O)CCCNC1. The van der Waals surface area contributed by atoms with Gasteiger partial charge in [-0.2, -0.15) is 0 Å². The number of nitrogens with one attached hydrogen (secondary N) is 1. The molecule has 4 heteroatoms. The summed E-state index contributed by atoms with van der Waals surface area (Å²) >= 11 is 0. The number of aldehydes is 1. The van der Waals surface area contributed by atoms with Crippen LogP contribution in [0.5, 0.6) is 0 Å². The molecule has 1 N–H and O–H groups in total. The lowest BCUT2D eigenvalue weighted by Crippen LogP contribution is -2.47. The predicted octanol–water partition coefficient (Wildman–Crippen LogP) is -0.272. The van der Waals surface area contributed by atoms with Gasteiger partial charge in [-0.1, -0.05) is 0 Å². The van der Waals surface area contributed by atoms with Gasteiger partial charge in [-0.3, -0.25) is 4.79 Å². The highest BCUT2D eigenvalue weighted by Gasteiger charge is 2.40. The minimum atomic E-state index is -0.924.